The fourth-order valence-corrected chi connectivity index (χ4v) is 3.92. The Bertz CT molecular complexity index is 922. The number of rotatable bonds is 5. The summed E-state index contributed by atoms with van der Waals surface area (Å²) >= 11 is 1.14. The highest BCUT2D eigenvalue weighted by atomic mass is 32.2. The fourth-order valence-electron chi connectivity index (χ4n) is 3.05. The summed E-state index contributed by atoms with van der Waals surface area (Å²) in [5.41, 5.74) is 3.27. The van der Waals surface area contributed by atoms with Crippen LogP contribution < -0.4 is 10.6 Å². The molecule has 1 aromatic carbocycles. The zero-order chi connectivity index (χ0) is 19.4. The molecule has 2 amide bonds. The van der Waals surface area contributed by atoms with Crippen molar-refractivity contribution in [2.45, 2.75) is 26.2 Å². The van der Waals surface area contributed by atoms with Crippen molar-refractivity contribution in [1.29, 1.82) is 5.26 Å². The number of nitriles is 1. The third-order valence-electron chi connectivity index (χ3n) is 4.10. The van der Waals surface area contributed by atoms with E-state index in [1.807, 2.05) is 32.0 Å². The zero-order valence-electron chi connectivity index (χ0n) is 15.0. The van der Waals surface area contributed by atoms with E-state index < -0.39 is 5.92 Å². The molecule has 1 aromatic heterocycles. The lowest BCUT2D eigenvalue weighted by Crippen LogP contribution is -2.31. The Morgan fingerprint density at radius 1 is 1.37 bits per heavy atom. The monoisotopic (exact) mass is 381 g/mol. The van der Waals surface area contributed by atoms with Gasteiger partial charge >= 0.3 is 0 Å². The summed E-state index contributed by atoms with van der Waals surface area (Å²) < 4.78 is 5.37. The Hall–Kier alpha value is -2.98. The van der Waals surface area contributed by atoms with Gasteiger partial charge in [0.25, 0.3) is 0 Å². The lowest BCUT2D eigenvalue weighted by molar-refractivity contribution is -0.121. The van der Waals surface area contributed by atoms with E-state index >= 15 is 0 Å². The zero-order valence-corrected chi connectivity index (χ0v) is 15.9. The number of thioether (sulfide) groups is 1. The van der Waals surface area contributed by atoms with Crippen LogP contribution in [0.4, 0.5) is 5.69 Å². The molecule has 6 nitrogen and oxygen atoms in total. The van der Waals surface area contributed by atoms with Crippen LogP contribution in [0.5, 0.6) is 0 Å². The Morgan fingerprint density at radius 2 is 2.11 bits per heavy atom. The topological polar surface area (TPSA) is 95.1 Å². The van der Waals surface area contributed by atoms with Gasteiger partial charge in [0.05, 0.1) is 34.6 Å². The number of nitrogens with zero attached hydrogens (tertiary/aromatic N) is 1. The summed E-state index contributed by atoms with van der Waals surface area (Å²) in [5.74, 6) is -0.182. The van der Waals surface area contributed by atoms with Crippen molar-refractivity contribution in [1.82, 2.24) is 5.32 Å². The maximum absolute atomic E-state index is 12.3. The lowest BCUT2D eigenvalue weighted by atomic mass is 9.92. The Labute approximate surface area is 161 Å². The highest BCUT2D eigenvalue weighted by Gasteiger charge is 2.31. The van der Waals surface area contributed by atoms with E-state index in [1.54, 1.807) is 12.1 Å². The number of anilines is 1. The molecular weight excluding hydrogens is 362 g/mol. The first kappa shape index (κ1) is 18.8. The maximum atomic E-state index is 12.3. The standard InChI is InChI=1S/C20H19N3O3S/c1-12-6-13(2)8-14(7-12)22-19(25)11-27-20-16(10-21)15(9-18(24)23-20)17-4-3-5-26-17/h3-8,15H,9,11H2,1-2H3,(H,22,25)(H,23,24)/t15-/m1/s1. The van der Waals surface area contributed by atoms with E-state index in [0.29, 0.717) is 16.4 Å². The molecule has 2 heterocycles. The van der Waals surface area contributed by atoms with Crippen LogP contribution in [-0.4, -0.2) is 17.6 Å². The summed E-state index contributed by atoms with van der Waals surface area (Å²) in [6.45, 7) is 3.93. The minimum Gasteiger partial charge on any atom is -0.469 e. The van der Waals surface area contributed by atoms with Gasteiger partial charge in [-0.25, -0.2) is 0 Å². The van der Waals surface area contributed by atoms with Gasteiger partial charge in [0.15, 0.2) is 0 Å². The quantitative estimate of drug-likeness (QED) is 0.825. The average molecular weight is 381 g/mol. The number of hydrogen-bond donors (Lipinski definition) is 2. The Balaban J connectivity index is 1.72. The molecule has 2 aromatic rings. The summed E-state index contributed by atoms with van der Waals surface area (Å²) in [5, 5.41) is 15.5. The van der Waals surface area contributed by atoms with Crippen LogP contribution >= 0.6 is 11.8 Å². The van der Waals surface area contributed by atoms with E-state index in [4.69, 9.17) is 4.42 Å². The second-order valence-corrected chi connectivity index (χ2v) is 7.37. The minimum atomic E-state index is -0.427. The van der Waals surface area contributed by atoms with Crippen LogP contribution in [-0.2, 0) is 9.59 Å². The molecule has 0 aliphatic carbocycles. The molecule has 138 valence electrons. The van der Waals surface area contributed by atoms with Gasteiger partial charge in [0.2, 0.25) is 11.8 Å². The van der Waals surface area contributed by atoms with Gasteiger partial charge in [-0.05, 0) is 49.2 Å². The summed E-state index contributed by atoms with van der Waals surface area (Å²) in [6, 6.07) is 11.4. The minimum absolute atomic E-state index is 0.0820. The molecule has 1 atom stereocenters. The normalized spacial score (nSPS) is 16.6. The van der Waals surface area contributed by atoms with E-state index in [1.165, 1.54) is 6.26 Å². The number of allylic oxidation sites excluding steroid dienone is 1. The largest absolute Gasteiger partial charge is 0.469 e. The van der Waals surface area contributed by atoms with Gasteiger partial charge in [0.1, 0.15) is 5.76 Å². The number of amides is 2. The molecule has 0 bridgehead atoms. The number of aryl methyl sites for hydroxylation is 2. The summed E-state index contributed by atoms with van der Waals surface area (Å²) in [7, 11) is 0. The van der Waals surface area contributed by atoms with E-state index in [9.17, 15) is 14.9 Å². The molecule has 0 saturated carbocycles. The number of hydrogen-bond acceptors (Lipinski definition) is 5. The van der Waals surface area contributed by atoms with Gasteiger partial charge in [0, 0.05) is 12.1 Å². The van der Waals surface area contributed by atoms with Gasteiger partial charge < -0.3 is 15.1 Å². The van der Waals surface area contributed by atoms with Crippen LogP contribution in [0.25, 0.3) is 0 Å². The lowest BCUT2D eigenvalue weighted by Gasteiger charge is -2.23. The van der Waals surface area contributed by atoms with Crippen LogP contribution in [0, 0.1) is 25.2 Å². The molecule has 0 radical (unpaired) electrons. The molecule has 0 spiro atoms. The number of furan rings is 1. The first-order chi connectivity index (χ1) is 13.0. The predicted molar refractivity (Wildman–Crippen MR) is 104 cm³/mol. The molecule has 0 saturated heterocycles. The first-order valence-electron chi connectivity index (χ1n) is 8.44. The van der Waals surface area contributed by atoms with Crippen molar-refractivity contribution in [2.24, 2.45) is 0 Å². The van der Waals surface area contributed by atoms with E-state index in [2.05, 4.69) is 16.7 Å². The molecule has 2 N–H and O–H groups in total. The van der Waals surface area contributed by atoms with Crippen LogP contribution in [0.15, 0.2) is 51.6 Å². The van der Waals surface area contributed by atoms with Crippen molar-refractivity contribution >= 4 is 29.3 Å². The Kier molecular flexibility index (Phi) is 5.67. The number of carbonyl (C=O) groups is 2. The van der Waals surface area contributed by atoms with Crippen LogP contribution in [0.3, 0.4) is 0 Å². The number of benzene rings is 1. The molecule has 0 fully saturated rings. The van der Waals surface area contributed by atoms with Gasteiger partial charge in [-0.3, -0.25) is 9.59 Å². The highest BCUT2D eigenvalue weighted by Crippen LogP contribution is 2.36. The van der Waals surface area contributed by atoms with Gasteiger partial charge in [-0.15, -0.1) is 0 Å². The molecule has 0 unspecified atom stereocenters. The van der Waals surface area contributed by atoms with Crippen molar-refractivity contribution in [2.75, 3.05) is 11.1 Å². The van der Waals surface area contributed by atoms with Crippen molar-refractivity contribution in [3.63, 3.8) is 0 Å². The molecule has 3 rings (SSSR count). The van der Waals surface area contributed by atoms with Crippen molar-refractivity contribution < 1.29 is 14.0 Å². The SMILES string of the molecule is Cc1cc(C)cc(NC(=O)CSC2=C(C#N)[C@H](c3ccco3)CC(=O)N2)c1. The molecule has 1 aliphatic heterocycles. The number of nitrogens with one attached hydrogen (secondary N) is 2. The second-order valence-electron chi connectivity index (χ2n) is 6.39. The molecule has 1 aliphatic rings. The predicted octanol–water partition coefficient (Wildman–Crippen LogP) is 3.61. The van der Waals surface area contributed by atoms with Crippen molar-refractivity contribution in [3.05, 3.63) is 64.1 Å². The molecular formula is C20H19N3O3S. The fraction of sp³-hybridized carbons (Fsp3) is 0.250. The van der Waals surface area contributed by atoms with Crippen LogP contribution in [0.2, 0.25) is 0 Å². The van der Waals surface area contributed by atoms with E-state index in [-0.39, 0.29) is 24.0 Å². The van der Waals surface area contributed by atoms with Gasteiger partial charge in [-0.2, -0.15) is 5.26 Å². The Morgan fingerprint density at radius 3 is 2.74 bits per heavy atom. The van der Waals surface area contributed by atoms with Gasteiger partial charge in [-0.1, -0.05) is 17.8 Å². The third-order valence-corrected chi connectivity index (χ3v) is 5.11. The second kappa shape index (κ2) is 8.14. The highest BCUT2D eigenvalue weighted by molar-refractivity contribution is 8.03. The average Bonchev–Trinajstić information content (AvgIpc) is 3.13. The maximum Gasteiger partial charge on any atom is 0.234 e. The summed E-state index contributed by atoms with van der Waals surface area (Å²) in [4.78, 5) is 24.3. The smallest absolute Gasteiger partial charge is 0.234 e. The van der Waals surface area contributed by atoms with Crippen LogP contribution in [0.1, 0.15) is 29.2 Å². The molecule has 7 heteroatoms. The number of carbonyl (C=O) groups excluding carboxylic acids is 2. The van der Waals surface area contributed by atoms with E-state index in [0.717, 1.165) is 28.6 Å². The molecule has 27 heavy (non-hydrogen) atoms. The first-order valence-corrected chi connectivity index (χ1v) is 9.43. The third kappa shape index (κ3) is 4.60. The summed E-state index contributed by atoms with van der Waals surface area (Å²) in [6.07, 6.45) is 1.66. The van der Waals surface area contributed by atoms with Crippen molar-refractivity contribution in [3.8, 4) is 6.07 Å².